The molecule has 2 N–H and O–H groups in total. The lowest BCUT2D eigenvalue weighted by molar-refractivity contribution is 0.0243. The summed E-state index contributed by atoms with van der Waals surface area (Å²) in [7, 11) is 4.00. The highest BCUT2D eigenvalue weighted by Crippen LogP contribution is 2.23. The summed E-state index contributed by atoms with van der Waals surface area (Å²) in [6.45, 7) is 10.4. The van der Waals surface area contributed by atoms with Gasteiger partial charge in [0.05, 0.1) is 5.60 Å². The van der Waals surface area contributed by atoms with Crippen molar-refractivity contribution < 1.29 is 4.74 Å². The molecule has 0 aromatic rings. The van der Waals surface area contributed by atoms with E-state index in [2.05, 4.69) is 48.3 Å². The standard InChI is InChI=1S/C16H34N4O.HI/c1-14(2)20(5)11-7-6-10-18-15(17-4)19-13-16(3)9-8-12-21-16;/h14H,6-13H2,1-5H3,(H2,17,18,19);1H. The molecule has 132 valence electrons. The van der Waals surface area contributed by atoms with Gasteiger partial charge >= 0.3 is 0 Å². The fraction of sp³-hybridized carbons (Fsp3) is 0.938. The third kappa shape index (κ3) is 8.53. The molecule has 5 nitrogen and oxygen atoms in total. The van der Waals surface area contributed by atoms with Crippen LogP contribution in [0.15, 0.2) is 4.99 Å². The monoisotopic (exact) mass is 426 g/mol. The fourth-order valence-corrected chi connectivity index (χ4v) is 2.42. The van der Waals surface area contributed by atoms with Crippen molar-refractivity contribution in [1.82, 2.24) is 15.5 Å². The quantitative estimate of drug-likeness (QED) is 0.271. The maximum Gasteiger partial charge on any atom is 0.191 e. The first-order valence-corrected chi connectivity index (χ1v) is 8.25. The normalized spacial score (nSPS) is 22.0. The zero-order valence-electron chi connectivity index (χ0n) is 14.9. The van der Waals surface area contributed by atoms with Crippen LogP contribution in [0.2, 0.25) is 0 Å². The summed E-state index contributed by atoms with van der Waals surface area (Å²) in [6.07, 6.45) is 4.65. The number of aliphatic imine (C=N–C) groups is 1. The maximum absolute atomic E-state index is 5.78. The Kier molecular flexibility index (Phi) is 11.4. The molecule has 1 saturated heterocycles. The molecule has 1 unspecified atom stereocenters. The first-order chi connectivity index (χ1) is 9.97. The van der Waals surface area contributed by atoms with Crippen LogP contribution in [0, 0.1) is 0 Å². The van der Waals surface area contributed by atoms with Gasteiger partial charge in [0.1, 0.15) is 0 Å². The van der Waals surface area contributed by atoms with Crippen molar-refractivity contribution in [3.05, 3.63) is 0 Å². The number of rotatable bonds is 8. The third-order valence-corrected chi connectivity index (χ3v) is 4.27. The summed E-state index contributed by atoms with van der Waals surface area (Å²) in [4.78, 5) is 6.65. The number of nitrogens with zero attached hydrogens (tertiary/aromatic N) is 2. The van der Waals surface area contributed by atoms with Gasteiger partial charge in [-0.05, 0) is 60.0 Å². The number of halogens is 1. The molecule has 0 aliphatic carbocycles. The van der Waals surface area contributed by atoms with Gasteiger partial charge in [0, 0.05) is 32.8 Å². The number of hydrogen-bond acceptors (Lipinski definition) is 3. The molecular formula is C16H35IN4O. The number of hydrogen-bond donors (Lipinski definition) is 2. The lowest BCUT2D eigenvalue weighted by atomic mass is 10.0. The van der Waals surface area contributed by atoms with E-state index in [-0.39, 0.29) is 29.6 Å². The summed E-state index contributed by atoms with van der Waals surface area (Å²) in [6, 6.07) is 0.625. The highest BCUT2D eigenvalue weighted by atomic mass is 127. The van der Waals surface area contributed by atoms with Gasteiger partial charge in [0.15, 0.2) is 5.96 Å². The molecule has 1 heterocycles. The summed E-state index contributed by atoms with van der Waals surface area (Å²) in [5.41, 5.74) is -0.0302. The van der Waals surface area contributed by atoms with E-state index in [1.54, 1.807) is 0 Å². The summed E-state index contributed by atoms with van der Waals surface area (Å²) in [5.74, 6) is 0.879. The minimum Gasteiger partial charge on any atom is -0.373 e. The summed E-state index contributed by atoms with van der Waals surface area (Å²) < 4.78 is 5.78. The van der Waals surface area contributed by atoms with Gasteiger partial charge < -0.3 is 20.3 Å². The summed E-state index contributed by atoms with van der Waals surface area (Å²) >= 11 is 0. The third-order valence-electron chi connectivity index (χ3n) is 4.27. The topological polar surface area (TPSA) is 48.9 Å². The number of guanidine groups is 1. The van der Waals surface area contributed by atoms with Crippen molar-refractivity contribution >= 4 is 29.9 Å². The van der Waals surface area contributed by atoms with Crippen LogP contribution >= 0.6 is 24.0 Å². The van der Waals surface area contributed by atoms with Crippen LogP contribution in [0.3, 0.4) is 0 Å². The van der Waals surface area contributed by atoms with E-state index in [1.807, 2.05) is 7.05 Å². The van der Waals surface area contributed by atoms with Gasteiger partial charge in [-0.3, -0.25) is 4.99 Å². The lowest BCUT2D eigenvalue weighted by Gasteiger charge is -2.24. The average molecular weight is 426 g/mol. The lowest BCUT2D eigenvalue weighted by Crippen LogP contribution is -2.45. The Labute approximate surface area is 153 Å². The van der Waals surface area contributed by atoms with Crippen LogP contribution in [-0.2, 0) is 4.74 Å². The second-order valence-electron chi connectivity index (χ2n) is 6.54. The van der Waals surface area contributed by atoms with Crippen LogP contribution in [0.5, 0.6) is 0 Å². The zero-order valence-corrected chi connectivity index (χ0v) is 17.3. The molecule has 0 spiro atoms. The van der Waals surface area contributed by atoms with Crippen molar-refractivity contribution in [2.24, 2.45) is 4.99 Å². The molecule has 0 amide bonds. The minimum atomic E-state index is -0.0302. The Morgan fingerprint density at radius 3 is 2.59 bits per heavy atom. The predicted molar refractivity (Wildman–Crippen MR) is 105 cm³/mol. The Bertz CT molecular complexity index is 317. The molecule has 1 fully saturated rings. The van der Waals surface area contributed by atoms with Gasteiger partial charge in [-0.1, -0.05) is 0 Å². The van der Waals surface area contributed by atoms with E-state index in [0.29, 0.717) is 6.04 Å². The summed E-state index contributed by atoms with van der Waals surface area (Å²) in [5, 5.41) is 6.75. The van der Waals surface area contributed by atoms with Crippen LogP contribution in [0.25, 0.3) is 0 Å². The molecule has 1 aliphatic rings. The van der Waals surface area contributed by atoms with Gasteiger partial charge in [-0.15, -0.1) is 24.0 Å². The largest absolute Gasteiger partial charge is 0.373 e. The number of ether oxygens (including phenoxy) is 1. The molecule has 1 aliphatic heterocycles. The number of unbranched alkanes of at least 4 members (excludes halogenated alkanes) is 1. The molecule has 0 radical (unpaired) electrons. The van der Waals surface area contributed by atoms with Crippen molar-refractivity contribution in [2.45, 2.75) is 58.1 Å². The number of nitrogens with one attached hydrogen (secondary N) is 2. The molecule has 1 atom stereocenters. The molecule has 1 rings (SSSR count). The van der Waals surface area contributed by atoms with Gasteiger partial charge in [-0.25, -0.2) is 0 Å². The van der Waals surface area contributed by atoms with Crippen molar-refractivity contribution in [1.29, 1.82) is 0 Å². The SMILES string of the molecule is CN=C(NCCCCN(C)C(C)C)NCC1(C)CCCO1.I. The second kappa shape index (κ2) is 11.5. The molecule has 0 aromatic heterocycles. The molecule has 0 aromatic carbocycles. The van der Waals surface area contributed by atoms with Crippen LogP contribution < -0.4 is 10.6 Å². The van der Waals surface area contributed by atoms with E-state index in [9.17, 15) is 0 Å². The van der Waals surface area contributed by atoms with Crippen LogP contribution in [0.1, 0.15) is 46.5 Å². The van der Waals surface area contributed by atoms with Crippen molar-refractivity contribution in [2.75, 3.05) is 40.3 Å². The fourth-order valence-electron chi connectivity index (χ4n) is 2.42. The van der Waals surface area contributed by atoms with E-state index >= 15 is 0 Å². The Balaban J connectivity index is 0.00000441. The van der Waals surface area contributed by atoms with E-state index < -0.39 is 0 Å². The maximum atomic E-state index is 5.78. The predicted octanol–water partition coefficient (Wildman–Crippen LogP) is 2.46. The van der Waals surface area contributed by atoms with Crippen LogP contribution in [-0.4, -0.2) is 62.8 Å². The minimum absolute atomic E-state index is 0. The smallest absolute Gasteiger partial charge is 0.191 e. The van der Waals surface area contributed by atoms with E-state index in [0.717, 1.165) is 51.5 Å². The first kappa shape index (κ1) is 21.9. The Hall–Kier alpha value is -0.0800. The van der Waals surface area contributed by atoms with Crippen molar-refractivity contribution in [3.8, 4) is 0 Å². The highest BCUT2D eigenvalue weighted by Gasteiger charge is 2.29. The Morgan fingerprint density at radius 1 is 1.32 bits per heavy atom. The molecule has 6 heteroatoms. The zero-order chi connectivity index (χ0) is 15.7. The molecule has 0 bridgehead atoms. The van der Waals surface area contributed by atoms with Gasteiger partial charge in [-0.2, -0.15) is 0 Å². The van der Waals surface area contributed by atoms with Gasteiger partial charge in [0.2, 0.25) is 0 Å². The molecule has 22 heavy (non-hydrogen) atoms. The van der Waals surface area contributed by atoms with E-state index in [4.69, 9.17) is 4.74 Å². The first-order valence-electron chi connectivity index (χ1n) is 8.25. The highest BCUT2D eigenvalue weighted by molar-refractivity contribution is 14.0. The Morgan fingerprint density at radius 2 is 2.05 bits per heavy atom. The molecular weight excluding hydrogens is 391 g/mol. The van der Waals surface area contributed by atoms with E-state index in [1.165, 1.54) is 6.42 Å². The second-order valence-corrected chi connectivity index (χ2v) is 6.54. The molecule has 0 saturated carbocycles. The van der Waals surface area contributed by atoms with Crippen LogP contribution in [0.4, 0.5) is 0 Å². The average Bonchev–Trinajstić information content (AvgIpc) is 2.88. The van der Waals surface area contributed by atoms with Gasteiger partial charge in [0.25, 0.3) is 0 Å². The van der Waals surface area contributed by atoms with Crippen molar-refractivity contribution in [3.63, 3.8) is 0 Å².